The highest BCUT2D eigenvalue weighted by Gasteiger charge is 2.58. The molecule has 0 atom stereocenters. The normalized spacial score (nSPS) is 24.5. The number of hydrogen-bond acceptors (Lipinski definition) is 4. The van der Waals surface area contributed by atoms with E-state index in [0.717, 1.165) is 69.6 Å². The van der Waals surface area contributed by atoms with Crippen LogP contribution in [0.25, 0.3) is 0 Å². The van der Waals surface area contributed by atoms with Gasteiger partial charge in [-0.25, -0.2) is 9.18 Å². The number of nitrogens with zero attached hydrogens (tertiary/aromatic N) is 4. The molecule has 2 saturated heterocycles. The van der Waals surface area contributed by atoms with Crippen LogP contribution in [0.3, 0.4) is 0 Å². The Balaban J connectivity index is 0.825. The zero-order valence-corrected chi connectivity index (χ0v) is 20.5. The standard InChI is InChI=1S/C26H30F4N6O/c27-20-5-18(26(28,29)30)4-3-16(20)10-31-19-8-25(9-19)13-36(14-25)23(37)35-11-24(12-35)6-17(7-24)22-32-21(33-34-22)15-1-2-15/h3-5,15,17,19,31H,1-2,6-14H2,(H,32,33,34). The van der Waals surface area contributed by atoms with E-state index in [4.69, 9.17) is 0 Å². The lowest BCUT2D eigenvalue weighted by atomic mass is 9.57. The van der Waals surface area contributed by atoms with Crippen molar-refractivity contribution in [3.8, 4) is 0 Å². The van der Waals surface area contributed by atoms with Gasteiger partial charge in [-0.2, -0.15) is 13.2 Å². The SMILES string of the molecule is O=C(N1CC2(CC(NCc3ccc(C(F)(F)F)cc3F)C2)C1)N1CC2(CC(c3nnc(C4CC4)[nH]3)C2)C1. The molecule has 11 heteroatoms. The van der Waals surface area contributed by atoms with Gasteiger partial charge in [-0.15, -0.1) is 10.2 Å². The number of benzene rings is 1. The summed E-state index contributed by atoms with van der Waals surface area (Å²) in [5, 5.41) is 11.9. The highest BCUT2D eigenvalue weighted by molar-refractivity contribution is 5.77. The van der Waals surface area contributed by atoms with Crippen LogP contribution in [0.2, 0.25) is 0 Å². The Labute approximate surface area is 212 Å². The summed E-state index contributed by atoms with van der Waals surface area (Å²) >= 11 is 0. The third kappa shape index (κ3) is 4.09. The fourth-order valence-electron chi connectivity index (χ4n) is 6.96. The number of nitrogens with one attached hydrogen (secondary N) is 2. The Bertz CT molecular complexity index is 1210. The molecule has 5 aliphatic rings. The number of halogens is 4. The lowest BCUT2D eigenvalue weighted by molar-refractivity contribution is -0.137. The molecule has 37 heavy (non-hydrogen) atoms. The number of aromatic nitrogens is 3. The summed E-state index contributed by atoms with van der Waals surface area (Å²) in [4.78, 5) is 20.2. The fraction of sp³-hybridized carbons (Fsp3) is 0.654. The number of hydrogen-bond donors (Lipinski definition) is 2. The summed E-state index contributed by atoms with van der Waals surface area (Å²) in [6.45, 7) is 3.32. The Hall–Kier alpha value is -2.69. The number of H-pyrrole nitrogens is 1. The van der Waals surface area contributed by atoms with Gasteiger partial charge in [0.05, 0.1) is 5.56 Å². The smallest absolute Gasteiger partial charge is 0.328 e. The van der Waals surface area contributed by atoms with Crippen LogP contribution in [0.15, 0.2) is 18.2 Å². The topological polar surface area (TPSA) is 77.2 Å². The van der Waals surface area contributed by atoms with Crippen molar-refractivity contribution in [2.75, 3.05) is 26.2 Å². The second-order valence-electron chi connectivity index (χ2n) is 12.3. The van der Waals surface area contributed by atoms with Crippen LogP contribution in [-0.2, 0) is 12.7 Å². The first-order valence-corrected chi connectivity index (χ1v) is 13.2. The van der Waals surface area contributed by atoms with Gasteiger partial charge in [0.2, 0.25) is 0 Å². The molecule has 2 amide bonds. The van der Waals surface area contributed by atoms with Crippen molar-refractivity contribution in [2.24, 2.45) is 10.8 Å². The van der Waals surface area contributed by atoms with E-state index in [2.05, 4.69) is 20.5 Å². The lowest BCUT2D eigenvalue weighted by Gasteiger charge is -2.63. The fourth-order valence-corrected chi connectivity index (χ4v) is 6.96. The number of rotatable bonds is 5. The largest absolute Gasteiger partial charge is 0.416 e. The summed E-state index contributed by atoms with van der Waals surface area (Å²) in [6, 6.07) is 2.98. The molecule has 1 aromatic carbocycles. The third-order valence-electron chi connectivity index (χ3n) is 9.20. The van der Waals surface area contributed by atoms with Crippen molar-refractivity contribution in [1.82, 2.24) is 30.3 Å². The number of amides is 2. The molecule has 7 nitrogen and oxygen atoms in total. The van der Waals surface area contributed by atoms with Crippen LogP contribution in [0.5, 0.6) is 0 Å². The maximum atomic E-state index is 14.1. The minimum atomic E-state index is -4.55. The van der Waals surface area contributed by atoms with Crippen molar-refractivity contribution < 1.29 is 22.4 Å². The van der Waals surface area contributed by atoms with Crippen molar-refractivity contribution in [1.29, 1.82) is 0 Å². The van der Waals surface area contributed by atoms with E-state index in [1.54, 1.807) is 0 Å². The van der Waals surface area contributed by atoms with Gasteiger partial charge < -0.3 is 20.1 Å². The van der Waals surface area contributed by atoms with E-state index in [9.17, 15) is 22.4 Å². The highest BCUT2D eigenvalue weighted by atomic mass is 19.4. The number of carbonyl (C=O) groups is 1. The van der Waals surface area contributed by atoms with Crippen LogP contribution in [-0.4, -0.2) is 63.2 Å². The monoisotopic (exact) mass is 518 g/mol. The average molecular weight is 519 g/mol. The van der Waals surface area contributed by atoms with Gasteiger partial charge >= 0.3 is 12.2 Å². The van der Waals surface area contributed by atoms with Gasteiger partial charge in [-0.3, -0.25) is 0 Å². The van der Waals surface area contributed by atoms with Crippen LogP contribution in [0.4, 0.5) is 22.4 Å². The Kier molecular flexibility index (Phi) is 5.01. The highest BCUT2D eigenvalue weighted by Crippen LogP contribution is 2.56. The van der Waals surface area contributed by atoms with E-state index in [1.165, 1.54) is 18.9 Å². The summed E-state index contributed by atoms with van der Waals surface area (Å²) in [5.74, 6) is 2.21. The quantitative estimate of drug-likeness (QED) is 0.576. The molecule has 198 valence electrons. The number of aromatic amines is 1. The lowest BCUT2D eigenvalue weighted by Crippen LogP contribution is -2.72. The molecule has 2 aromatic rings. The number of alkyl halides is 3. The van der Waals surface area contributed by atoms with Gasteiger partial charge in [0.25, 0.3) is 0 Å². The summed E-state index contributed by atoms with van der Waals surface area (Å²) in [6.07, 6.45) is 1.78. The van der Waals surface area contributed by atoms with Crippen molar-refractivity contribution >= 4 is 6.03 Å². The van der Waals surface area contributed by atoms with E-state index in [0.29, 0.717) is 17.9 Å². The molecule has 2 N–H and O–H groups in total. The van der Waals surface area contributed by atoms with Crippen LogP contribution >= 0.6 is 0 Å². The maximum Gasteiger partial charge on any atom is 0.416 e. The first kappa shape index (κ1) is 23.4. The molecule has 1 aromatic heterocycles. The Morgan fingerprint density at radius 1 is 0.973 bits per heavy atom. The molecular formula is C26H30F4N6O. The van der Waals surface area contributed by atoms with E-state index >= 15 is 0 Å². The molecule has 3 saturated carbocycles. The van der Waals surface area contributed by atoms with E-state index in [1.807, 2.05) is 9.80 Å². The predicted molar refractivity (Wildman–Crippen MR) is 125 cm³/mol. The zero-order valence-electron chi connectivity index (χ0n) is 20.5. The zero-order chi connectivity index (χ0) is 25.6. The minimum absolute atomic E-state index is 0.124. The maximum absolute atomic E-state index is 14.1. The molecule has 7 rings (SSSR count). The molecule has 0 radical (unpaired) electrons. The van der Waals surface area contributed by atoms with Gasteiger partial charge in [0.15, 0.2) is 0 Å². The molecule has 3 heterocycles. The van der Waals surface area contributed by atoms with E-state index in [-0.39, 0.29) is 35.0 Å². The van der Waals surface area contributed by atoms with Gasteiger partial charge in [0, 0.05) is 67.0 Å². The molecule has 2 aliphatic heterocycles. The second kappa shape index (κ2) is 7.91. The van der Waals surface area contributed by atoms with Crippen molar-refractivity contribution in [3.63, 3.8) is 0 Å². The van der Waals surface area contributed by atoms with Gasteiger partial charge in [-0.05, 0) is 50.7 Å². The molecule has 0 unspecified atom stereocenters. The number of likely N-dealkylation sites (tertiary alicyclic amines) is 2. The third-order valence-corrected chi connectivity index (χ3v) is 9.20. The van der Waals surface area contributed by atoms with Gasteiger partial charge in [-0.1, -0.05) is 6.07 Å². The number of urea groups is 1. The van der Waals surface area contributed by atoms with Crippen molar-refractivity contribution in [2.45, 2.75) is 69.1 Å². The minimum Gasteiger partial charge on any atom is -0.328 e. The predicted octanol–water partition coefficient (Wildman–Crippen LogP) is 4.39. The summed E-state index contributed by atoms with van der Waals surface area (Å²) in [7, 11) is 0. The van der Waals surface area contributed by atoms with Crippen LogP contribution < -0.4 is 5.32 Å². The molecule has 3 aliphatic carbocycles. The summed E-state index contributed by atoms with van der Waals surface area (Å²) in [5.41, 5.74) is -0.370. The average Bonchev–Trinajstić information content (AvgIpc) is 3.47. The van der Waals surface area contributed by atoms with Crippen molar-refractivity contribution in [3.05, 3.63) is 46.8 Å². The first-order chi connectivity index (χ1) is 17.6. The van der Waals surface area contributed by atoms with Gasteiger partial charge in [0.1, 0.15) is 17.5 Å². The summed E-state index contributed by atoms with van der Waals surface area (Å²) < 4.78 is 52.2. The molecule has 5 fully saturated rings. The molecule has 0 bridgehead atoms. The number of carbonyl (C=O) groups excluding carboxylic acids is 1. The Morgan fingerprint density at radius 3 is 2.14 bits per heavy atom. The first-order valence-electron chi connectivity index (χ1n) is 13.2. The Morgan fingerprint density at radius 2 is 1.57 bits per heavy atom. The van der Waals surface area contributed by atoms with Crippen LogP contribution in [0, 0.1) is 16.6 Å². The second-order valence-corrected chi connectivity index (χ2v) is 12.3. The molecular weight excluding hydrogens is 488 g/mol. The van der Waals surface area contributed by atoms with E-state index < -0.39 is 17.6 Å². The van der Waals surface area contributed by atoms with Crippen LogP contribution in [0.1, 0.15) is 73.1 Å². The molecule has 2 spiro atoms.